The van der Waals surface area contributed by atoms with E-state index in [2.05, 4.69) is 20.9 Å². The van der Waals surface area contributed by atoms with Crippen molar-refractivity contribution >= 4 is 16.9 Å². The second-order valence-electron chi connectivity index (χ2n) is 10.1. The van der Waals surface area contributed by atoms with Gasteiger partial charge in [-0.2, -0.15) is 0 Å². The molecule has 2 saturated heterocycles. The number of amides is 1. The molecule has 180 valence electrons. The van der Waals surface area contributed by atoms with Gasteiger partial charge in [0, 0.05) is 54.6 Å². The molecule has 0 radical (unpaired) electrons. The molecule has 1 N–H and O–H groups in total. The number of aromatic nitrogens is 3. The fraction of sp³-hybridized carbons (Fsp3) is 0.519. The van der Waals surface area contributed by atoms with Crippen LogP contribution >= 0.6 is 0 Å². The van der Waals surface area contributed by atoms with E-state index in [9.17, 15) is 9.59 Å². The van der Waals surface area contributed by atoms with Crippen molar-refractivity contribution in [3.63, 3.8) is 0 Å². The summed E-state index contributed by atoms with van der Waals surface area (Å²) in [6.07, 6.45) is 9.38. The zero-order chi connectivity index (χ0) is 23.7. The molecular weight excluding hydrogens is 426 g/mol. The first-order valence-corrected chi connectivity index (χ1v) is 12.7. The van der Waals surface area contributed by atoms with Crippen LogP contribution in [0.4, 0.5) is 0 Å². The third-order valence-electron chi connectivity index (χ3n) is 7.45. The number of nitrogens with one attached hydrogen (secondary N) is 1. The second kappa shape index (κ2) is 9.74. The van der Waals surface area contributed by atoms with Crippen LogP contribution in [0.5, 0.6) is 0 Å². The van der Waals surface area contributed by atoms with E-state index in [1.54, 1.807) is 10.6 Å². The molecule has 0 saturated carbocycles. The first kappa shape index (κ1) is 22.8. The first-order valence-electron chi connectivity index (χ1n) is 12.7. The number of H-pyrrole nitrogens is 1. The number of nitrogens with zero attached hydrogens (tertiary/aromatic N) is 4. The standard InChI is InChI=1S/C27H35N5O2/c1-19(2)32-17-21(6-7-25(32)33)22-8-11-28-27-23(22)16-24(29-27)20-9-14-30(15-10-20)18-26(34)31-12-4-3-5-13-31/h6-8,11,16-17,19-20H,3-5,9-10,12-15,18H2,1-2H3,(H,28,29). The molecule has 7 nitrogen and oxygen atoms in total. The van der Waals surface area contributed by atoms with Gasteiger partial charge >= 0.3 is 0 Å². The highest BCUT2D eigenvalue weighted by molar-refractivity contribution is 5.93. The van der Waals surface area contributed by atoms with E-state index >= 15 is 0 Å². The summed E-state index contributed by atoms with van der Waals surface area (Å²) in [7, 11) is 0. The number of carbonyl (C=O) groups excluding carboxylic acids is 1. The Kier molecular flexibility index (Phi) is 6.55. The monoisotopic (exact) mass is 461 g/mol. The molecule has 0 atom stereocenters. The number of carbonyl (C=O) groups is 1. The quantitative estimate of drug-likeness (QED) is 0.619. The minimum Gasteiger partial charge on any atom is -0.343 e. The minimum atomic E-state index is 0.0179. The summed E-state index contributed by atoms with van der Waals surface area (Å²) in [5.41, 5.74) is 4.24. The van der Waals surface area contributed by atoms with Gasteiger partial charge in [0.1, 0.15) is 5.65 Å². The molecular formula is C27H35N5O2. The third kappa shape index (κ3) is 4.67. The maximum atomic E-state index is 12.6. The molecule has 5 rings (SSSR count). The van der Waals surface area contributed by atoms with Gasteiger partial charge in [-0.25, -0.2) is 4.98 Å². The van der Waals surface area contributed by atoms with E-state index in [1.165, 1.54) is 12.1 Å². The Balaban J connectivity index is 1.30. The van der Waals surface area contributed by atoms with E-state index in [0.717, 1.165) is 74.0 Å². The van der Waals surface area contributed by atoms with E-state index in [1.807, 2.05) is 43.3 Å². The Morgan fingerprint density at radius 3 is 2.59 bits per heavy atom. The van der Waals surface area contributed by atoms with Crippen LogP contribution in [0, 0.1) is 0 Å². The molecule has 0 spiro atoms. The van der Waals surface area contributed by atoms with Gasteiger partial charge in [0.05, 0.1) is 6.54 Å². The lowest BCUT2D eigenvalue weighted by Gasteiger charge is -2.34. The summed E-state index contributed by atoms with van der Waals surface area (Å²) >= 11 is 0. The third-order valence-corrected chi connectivity index (χ3v) is 7.45. The van der Waals surface area contributed by atoms with Crippen molar-refractivity contribution in [2.45, 2.75) is 57.9 Å². The van der Waals surface area contributed by atoms with Crippen LogP contribution < -0.4 is 5.56 Å². The number of likely N-dealkylation sites (tertiary alicyclic amines) is 2. The molecule has 2 fully saturated rings. The minimum absolute atomic E-state index is 0.0179. The molecule has 0 bridgehead atoms. The summed E-state index contributed by atoms with van der Waals surface area (Å²) in [6.45, 7) is 8.33. The maximum absolute atomic E-state index is 12.6. The van der Waals surface area contributed by atoms with Crippen LogP contribution in [-0.4, -0.2) is 63.0 Å². The SMILES string of the molecule is CC(C)n1cc(-c2ccnc3[nH]c(C4CCN(CC(=O)N5CCCCC5)CC4)cc23)ccc1=O. The Morgan fingerprint density at radius 1 is 1.09 bits per heavy atom. The summed E-state index contributed by atoms with van der Waals surface area (Å²) < 4.78 is 1.77. The molecule has 5 heterocycles. The molecule has 3 aromatic heterocycles. The van der Waals surface area contributed by atoms with Gasteiger partial charge in [-0.3, -0.25) is 14.5 Å². The van der Waals surface area contributed by atoms with Crippen LogP contribution in [0.2, 0.25) is 0 Å². The number of rotatable bonds is 5. The normalized spacial score (nSPS) is 18.1. The fourth-order valence-corrected chi connectivity index (χ4v) is 5.42. The highest BCUT2D eigenvalue weighted by Gasteiger charge is 2.26. The molecule has 0 aliphatic carbocycles. The van der Waals surface area contributed by atoms with Crippen molar-refractivity contribution < 1.29 is 4.79 Å². The summed E-state index contributed by atoms with van der Waals surface area (Å²) in [5.74, 6) is 0.730. The molecule has 2 aliphatic heterocycles. The lowest BCUT2D eigenvalue weighted by Crippen LogP contribution is -2.44. The number of piperidine rings is 2. The van der Waals surface area contributed by atoms with Crippen LogP contribution in [0.15, 0.2) is 41.5 Å². The molecule has 2 aliphatic rings. The Hall–Kier alpha value is -2.93. The highest BCUT2D eigenvalue weighted by Crippen LogP contribution is 2.33. The average molecular weight is 462 g/mol. The molecule has 0 aromatic carbocycles. The van der Waals surface area contributed by atoms with E-state index in [4.69, 9.17) is 0 Å². The molecule has 34 heavy (non-hydrogen) atoms. The van der Waals surface area contributed by atoms with E-state index < -0.39 is 0 Å². The smallest absolute Gasteiger partial charge is 0.250 e. The van der Waals surface area contributed by atoms with Gasteiger partial charge in [0.25, 0.3) is 5.56 Å². The lowest BCUT2D eigenvalue weighted by molar-refractivity contribution is -0.133. The summed E-state index contributed by atoms with van der Waals surface area (Å²) in [5, 5.41) is 1.09. The Labute approximate surface area is 200 Å². The summed E-state index contributed by atoms with van der Waals surface area (Å²) in [4.78, 5) is 37.4. The molecule has 1 amide bonds. The van der Waals surface area contributed by atoms with Crippen molar-refractivity contribution in [2.75, 3.05) is 32.7 Å². The number of pyridine rings is 2. The van der Waals surface area contributed by atoms with Gasteiger partial charge in [-0.15, -0.1) is 0 Å². The van der Waals surface area contributed by atoms with Gasteiger partial charge in [-0.1, -0.05) is 0 Å². The van der Waals surface area contributed by atoms with E-state index in [0.29, 0.717) is 18.4 Å². The number of hydrogen-bond donors (Lipinski definition) is 1. The van der Waals surface area contributed by atoms with Gasteiger partial charge in [0.2, 0.25) is 5.91 Å². The molecule has 7 heteroatoms. The van der Waals surface area contributed by atoms with Crippen LogP contribution in [0.1, 0.15) is 63.6 Å². The number of fused-ring (bicyclic) bond motifs is 1. The zero-order valence-corrected chi connectivity index (χ0v) is 20.3. The van der Waals surface area contributed by atoms with Gasteiger partial charge in [0.15, 0.2) is 0 Å². The predicted molar refractivity (Wildman–Crippen MR) is 135 cm³/mol. The highest BCUT2D eigenvalue weighted by atomic mass is 16.2. The number of hydrogen-bond acceptors (Lipinski definition) is 4. The van der Waals surface area contributed by atoms with E-state index in [-0.39, 0.29) is 11.6 Å². The van der Waals surface area contributed by atoms with Crippen molar-refractivity contribution in [3.8, 4) is 11.1 Å². The lowest BCUT2D eigenvalue weighted by atomic mass is 9.93. The zero-order valence-electron chi connectivity index (χ0n) is 20.3. The van der Waals surface area contributed by atoms with Crippen molar-refractivity contribution in [1.82, 2.24) is 24.3 Å². The van der Waals surface area contributed by atoms with Crippen molar-refractivity contribution in [3.05, 3.63) is 52.7 Å². The molecule has 3 aromatic rings. The summed E-state index contributed by atoms with van der Waals surface area (Å²) in [6, 6.07) is 7.93. The van der Waals surface area contributed by atoms with Crippen LogP contribution in [0.3, 0.4) is 0 Å². The first-order chi connectivity index (χ1) is 16.5. The van der Waals surface area contributed by atoms with Crippen LogP contribution in [-0.2, 0) is 4.79 Å². The molecule has 0 unspecified atom stereocenters. The second-order valence-corrected chi connectivity index (χ2v) is 10.1. The van der Waals surface area contributed by atoms with Crippen LogP contribution in [0.25, 0.3) is 22.2 Å². The Bertz CT molecular complexity index is 1210. The number of aromatic amines is 1. The van der Waals surface area contributed by atoms with Gasteiger partial charge < -0.3 is 14.5 Å². The van der Waals surface area contributed by atoms with Gasteiger partial charge in [-0.05, 0) is 88.4 Å². The largest absolute Gasteiger partial charge is 0.343 e. The average Bonchev–Trinajstić information content (AvgIpc) is 3.30. The predicted octanol–water partition coefficient (Wildman–Crippen LogP) is 4.16. The van der Waals surface area contributed by atoms with Crippen molar-refractivity contribution in [2.24, 2.45) is 0 Å². The topological polar surface area (TPSA) is 74.2 Å². The van der Waals surface area contributed by atoms with Crippen molar-refractivity contribution in [1.29, 1.82) is 0 Å². The fourth-order valence-electron chi connectivity index (χ4n) is 5.42. The maximum Gasteiger partial charge on any atom is 0.250 e. The Morgan fingerprint density at radius 2 is 1.85 bits per heavy atom.